The minimum Gasteiger partial charge on any atom is -0.490 e. The van der Waals surface area contributed by atoms with E-state index in [2.05, 4.69) is 12.2 Å². The van der Waals surface area contributed by atoms with Crippen LogP contribution in [0.5, 0.6) is 5.75 Å². The minimum atomic E-state index is -0.837. The van der Waals surface area contributed by atoms with Crippen LogP contribution in [0.4, 0.5) is 8.78 Å². The van der Waals surface area contributed by atoms with E-state index in [1.54, 1.807) is 12.1 Å². The molecule has 0 saturated heterocycles. The standard InChI is InChI=1S/C18H24F2O/c1-3-5-13-6-8-14(9-7-13)15-10-11-16(21-12-4-2)18(20)17(15)19/h3,5,10-11,13-14H,4,6-9,12H2,1-2H3/b5-3+. The number of halogens is 2. The van der Waals surface area contributed by atoms with Crippen LogP contribution < -0.4 is 4.74 Å². The van der Waals surface area contributed by atoms with Gasteiger partial charge in [-0.25, -0.2) is 4.39 Å². The van der Waals surface area contributed by atoms with Crippen molar-refractivity contribution in [1.29, 1.82) is 0 Å². The third-order valence-corrected chi connectivity index (χ3v) is 4.21. The van der Waals surface area contributed by atoms with Crippen molar-refractivity contribution < 1.29 is 13.5 Å². The van der Waals surface area contributed by atoms with Crippen LogP contribution in [0.15, 0.2) is 24.3 Å². The number of benzene rings is 1. The van der Waals surface area contributed by atoms with Crippen molar-refractivity contribution in [2.45, 2.75) is 51.9 Å². The van der Waals surface area contributed by atoms with Gasteiger partial charge in [0.1, 0.15) is 0 Å². The largest absolute Gasteiger partial charge is 0.490 e. The van der Waals surface area contributed by atoms with Crippen LogP contribution in [0.2, 0.25) is 0 Å². The molecule has 0 radical (unpaired) electrons. The van der Waals surface area contributed by atoms with Crippen LogP contribution in [0.1, 0.15) is 57.4 Å². The molecule has 0 unspecified atom stereocenters. The highest BCUT2D eigenvalue weighted by Gasteiger charge is 2.25. The first-order valence-electron chi connectivity index (χ1n) is 7.90. The van der Waals surface area contributed by atoms with Crippen LogP contribution in [0.3, 0.4) is 0 Å². The van der Waals surface area contributed by atoms with Crippen molar-refractivity contribution in [3.05, 3.63) is 41.5 Å². The van der Waals surface area contributed by atoms with Crippen LogP contribution in [-0.4, -0.2) is 6.61 Å². The first-order valence-corrected chi connectivity index (χ1v) is 7.90. The number of allylic oxidation sites excluding steroid dienone is 2. The summed E-state index contributed by atoms with van der Waals surface area (Å²) in [5.41, 5.74) is 0.510. The maximum absolute atomic E-state index is 14.3. The van der Waals surface area contributed by atoms with Gasteiger partial charge in [-0.2, -0.15) is 4.39 Å². The van der Waals surface area contributed by atoms with Gasteiger partial charge in [-0.05, 0) is 62.5 Å². The quantitative estimate of drug-likeness (QED) is 0.642. The highest BCUT2D eigenvalue weighted by molar-refractivity contribution is 5.33. The zero-order chi connectivity index (χ0) is 15.2. The van der Waals surface area contributed by atoms with Gasteiger partial charge in [0.05, 0.1) is 6.61 Å². The molecule has 0 bridgehead atoms. The molecule has 0 amide bonds. The molecule has 0 N–H and O–H groups in total. The average molecular weight is 294 g/mol. The summed E-state index contributed by atoms with van der Waals surface area (Å²) in [6.45, 7) is 4.37. The van der Waals surface area contributed by atoms with Crippen molar-refractivity contribution in [3.63, 3.8) is 0 Å². The van der Waals surface area contributed by atoms with Crippen molar-refractivity contribution in [2.75, 3.05) is 6.61 Å². The Kier molecular flexibility index (Phi) is 5.77. The van der Waals surface area contributed by atoms with Gasteiger partial charge in [0.2, 0.25) is 5.82 Å². The second kappa shape index (κ2) is 7.58. The van der Waals surface area contributed by atoms with E-state index in [-0.39, 0.29) is 11.7 Å². The van der Waals surface area contributed by atoms with Gasteiger partial charge in [-0.1, -0.05) is 25.1 Å². The molecule has 116 valence electrons. The summed E-state index contributed by atoms with van der Waals surface area (Å²) in [4.78, 5) is 0. The number of hydrogen-bond donors (Lipinski definition) is 0. The third-order valence-electron chi connectivity index (χ3n) is 4.21. The third kappa shape index (κ3) is 3.84. The molecule has 1 nitrogen and oxygen atoms in total. The lowest BCUT2D eigenvalue weighted by Crippen LogP contribution is -2.14. The van der Waals surface area contributed by atoms with Crippen molar-refractivity contribution in [2.24, 2.45) is 5.92 Å². The summed E-state index contributed by atoms with van der Waals surface area (Å²) in [6.07, 6.45) is 8.99. The Morgan fingerprint density at radius 3 is 2.48 bits per heavy atom. The lowest BCUT2D eigenvalue weighted by Gasteiger charge is -2.27. The number of ether oxygens (including phenoxy) is 1. The Bertz CT molecular complexity index is 488. The molecular formula is C18H24F2O. The molecule has 1 saturated carbocycles. The topological polar surface area (TPSA) is 9.23 Å². The van der Waals surface area contributed by atoms with E-state index >= 15 is 0 Å². The van der Waals surface area contributed by atoms with Gasteiger partial charge >= 0.3 is 0 Å². The van der Waals surface area contributed by atoms with E-state index in [0.29, 0.717) is 18.1 Å². The molecule has 1 fully saturated rings. The van der Waals surface area contributed by atoms with Gasteiger partial charge in [0.25, 0.3) is 0 Å². The summed E-state index contributed by atoms with van der Waals surface area (Å²) in [5.74, 6) is -0.817. The van der Waals surface area contributed by atoms with Crippen molar-refractivity contribution >= 4 is 0 Å². The molecule has 1 aliphatic rings. The van der Waals surface area contributed by atoms with Gasteiger partial charge < -0.3 is 4.74 Å². The first-order chi connectivity index (χ1) is 10.2. The molecular weight excluding hydrogens is 270 g/mol. The van der Waals surface area contributed by atoms with Crippen LogP contribution in [0.25, 0.3) is 0 Å². The van der Waals surface area contributed by atoms with Gasteiger partial charge in [-0.15, -0.1) is 0 Å². The summed E-state index contributed by atoms with van der Waals surface area (Å²) < 4.78 is 33.5. The number of rotatable bonds is 5. The monoisotopic (exact) mass is 294 g/mol. The maximum atomic E-state index is 14.3. The highest BCUT2D eigenvalue weighted by Crippen LogP contribution is 2.38. The molecule has 0 aliphatic heterocycles. The second-order valence-electron chi connectivity index (χ2n) is 5.77. The molecule has 0 atom stereocenters. The van der Waals surface area contributed by atoms with Crippen LogP contribution in [0, 0.1) is 17.6 Å². The van der Waals surface area contributed by atoms with E-state index in [1.165, 1.54) is 0 Å². The summed E-state index contributed by atoms with van der Waals surface area (Å²) >= 11 is 0. The Morgan fingerprint density at radius 2 is 1.86 bits per heavy atom. The molecule has 1 aliphatic carbocycles. The Labute approximate surface area is 126 Å². The first kappa shape index (κ1) is 16.0. The number of hydrogen-bond acceptors (Lipinski definition) is 1. The SMILES string of the molecule is C/C=C/C1CCC(c2ccc(OCCC)c(F)c2F)CC1. The fraction of sp³-hybridized carbons (Fsp3) is 0.556. The maximum Gasteiger partial charge on any atom is 0.200 e. The Balaban J connectivity index is 2.09. The highest BCUT2D eigenvalue weighted by atomic mass is 19.2. The molecule has 1 aromatic rings. The average Bonchev–Trinajstić information content (AvgIpc) is 2.50. The summed E-state index contributed by atoms with van der Waals surface area (Å²) in [7, 11) is 0. The van der Waals surface area contributed by atoms with Crippen molar-refractivity contribution in [1.82, 2.24) is 0 Å². The molecule has 2 rings (SSSR count). The fourth-order valence-electron chi connectivity index (χ4n) is 3.08. The fourth-order valence-corrected chi connectivity index (χ4v) is 3.08. The predicted octanol–water partition coefficient (Wildman–Crippen LogP) is 5.60. The van der Waals surface area contributed by atoms with Crippen LogP contribution >= 0.6 is 0 Å². The Hall–Kier alpha value is -1.38. The molecule has 1 aromatic carbocycles. The Morgan fingerprint density at radius 1 is 1.14 bits per heavy atom. The summed E-state index contributed by atoms with van der Waals surface area (Å²) in [5, 5.41) is 0. The smallest absolute Gasteiger partial charge is 0.200 e. The zero-order valence-electron chi connectivity index (χ0n) is 12.9. The van der Waals surface area contributed by atoms with E-state index in [4.69, 9.17) is 4.74 Å². The minimum absolute atomic E-state index is 0.0284. The molecule has 0 spiro atoms. The normalized spacial score (nSPS) is 22.7. The molecule has 0 heterocycles. The van der Waals surface area contributed by atoms with Gasteiger partial charge in [0, 0.05) is 0 Å². The van der Waals surface area contributed by atoms with Gasteiger partial charge in [0.15, 0.2) is 11.6 Å². The second-order valence-corrected chi connectivity index (χ2v) is 5.77. The summed E-state index contributed by atoms with van der Waals surface area (Å²) in [6, 6.07) is 3.27. The van der Waals surface area contributed by atoms with E-state index in [1.807, 2.05) is 13.8 Å². The molecule has 3 heteroatoms. The lowest BCUT2D eigenvalue weighted by molar-refractivity contribution is 0.292. The molecule has 21 heavy (non-hydrogen) atoms. The lowest BCUT2D eigenvalue weighted by atomic mass is 9.78. The zero-order valence-corrected chi connectivity index (χ0v) is 12.9. The predicted molar refractivity (Wildman–Crippen MR) is 81.7 cm³/mol. The van der Waals surface area contributed by atoms with E-state index < -0.39 is 11.6 Å². The molecule has 0 aromatic heterocycles. The van der Waals surface area contributed by atoms with E-state index in [9.17, 15) is 8.78 Å². The van der Waals surface area contributed by atoms with Gasteiger partial charge in [-0.3, -0.25) is 0 Å². The van der Waals surface area contributed by atoms with Crippen molar-refractivity contribution in [3.8, 4) is 5.75 Å². The van der Waals surface area contributed by atoms with E-state index in [0.717, 1.165) is 32.1 Å². The van der Waals surface area contributed by atoms with Crippen LogP contribution in [-0.2, 0) is 0 Å².